The molecular formula is C14H19NOS. The van der Waals surface area contributed by atoms with Gasteiger partial charge in [-0.1, -0.05) is 32.0 Å². The molecule has 3 unspecified atom stereocenters. The van der Waals surface area contributed by atoms with E-state index in [2.05, 4.69) is 43.4 Å². The fourth-order valence-electron chi connectivity index (χ4n) is 2.73. The lowest BCUT2D eigenvalue weighted by molar-refractivity contribution is -0.0752. The molecule has 1 heterocycles. The van der Waals surface area contributed by atoms with Crippen molar-refractivity contribution in [2.75, 3.05) is 5.75 Å². The van der Waals surface area contributed by atoms with Gasteiger partial charge in [-0.3, -0.25) is 0 Å². The molecule has 1 aliphatic carbocycles. The van der Waals surface area contributed by atoms with E-state index in [-0.39, 0.29) is 11.5 Å². The number of benzene rings is 1. The molecule has 0 saturated heterocycles. The predicted molar refractivity (Wildman–Crippen MR) is 71.2 cm³/mol. The Balaban J connectivity index is 1.73. The minimum absolute atomic E-state index is 0.0161. The quantitative estimate of drug-likeness (QED) is 0.845. The van der Waals surface area contributed by atoms with Gasteiger partial charge in [-0.15, -0.1) is 11.8 Å². The van der Waals surface area contributed by atoms with Crippen LogP contribution in [0.4, 0.5) is 0 Å². The lowest BCUT2D eigenvalue weighted by Gasteiger charge is -2.50. The molecule has 1 aromatic rings. The Kier molecular flexibility index (Phi) is 2.73. The summed E-state index contributed by atoms with van der Waals surface area (Å²) in [6, 6.07) is 9.52. The second-order valence-electron chi connectivity index (χ2n) is 5.69. The summed E-state index contributed by atoms with van der Waals surface area (Å²) < 4.78 is 0. The van der Waals surface area contributed by atoms with Gasteiger partial charge in [0, 0.05) is 28.1 Å². The first-order valence-corrected chi connectivity index (χ1v) is 7.23. The maximum absolute atomic E-state index is 9.77. The standard InChI is InChI=1S/C14H19NOS/c1-14(2)12(7-13(14)16)15-10-8-17-11-6-4-3-5-9(10)11/h3-6,10,12-13,15-16H,7-8H2,1-2H3. The van der Waals surface area contributed by atoms with E-state index < -0.39 is 0 Å². The van der Waals surface area contributed by atoms with E-state index in [9.17, 15) is 5.11 Å². The summed E-state index contributed by atoms with van der Waals surface area (Å²) in [4.78, 5) is 1.41. The Morgan fingerprint density at radius 1 is 1.35 bits per heavy atom. The number of aliphatic hydroxyl groups excluding tert-OH is 1. The van der Waals surface area contributed by atoms with Gasteiger partial charge >= 0.3 is 0 Å². The third-order valence-electron chi connectivity index (χ3n) is 4.32. The molecule has 0 radical (unpaired) electrons. The van der Waals surface area contributed by atoms with Gasteiger partial charge in [0.25, 0.3) is 0 Å². The lowest BCUT2D eigenvalue weighted by Crippen LogP contribution is -2.60. The minimum atomic E-state index is -0.149. The number of nitrogens with one attached hydrogen (secondary N) is 1. The van der Waals surface area contributed by atoms with Gasteiger partial charge in [0.05, 0.1) is 6.10 Å². The monoisotopic (exact) mass is 249 g/mol. The molecule has 2 N–H and O–H groups in total. The van der Waals surface area contributed by atoms with Crippen LogP contribution in [0.25, 0.3) is 0 Å². The molecule has 1 aliphatic heterocycles. The summed E-state index contributed by atoms with van der Waals surface area (Å²) in [6.45, 7) is 4.29. The van der Waals surface area contributed by atoms with Crippen LogP contribution in [-0.2, 0) is 0 Å². The van der Waals surface area contributed by atoms with Crippen LogP contribution < -0.4 is 5.32 Å². The van der Waals surface area contributed by atoms with E-state index in [1.807, 2.05) is 11.8 Å². The molecule has 1 fully saturated rings. The molecule has 3 rings (SSSR count). The summed E-state index contributed by atoms with van der Waals surface area (Å²) in [7, 11) is 0. The minimum Gasteiger partial charge on any atom is -0.392 e. The average Bonchev–Trinajstić information content (AvgIpc) is 2.72. The highest BCUT2D eigenvalue weighted by Crippen LogP contribution is 2.44. The molecule has 1 aromatic carbocycles. The van der Waals surface area contributed by atoms with Crippen LogP contribution in [0.2, 0.25) is 0 Å². The number of fused-ring (bicyclic) bond motifs is 1. The molecule has 0 amide bonds. The van der Waals surface area contributed by atoms with Gasteiger partial charge in [-0.2, -0.15) is 0 Å². The number of thioether (sulfide) groups is 1. The largest absolute Gasteiger partial charge is 0.392 e. The number of hydrogen-bond donors (Lipinski definition) is 2. The van der Waals surface area contributed by atoms with Crippen LogP contribution in [0.5, 0.6) is 0 Å². The van der Waals surface area contributed by atoms with Crippen LogP contribution in [-0.4, -0.2) is 23.0 Å². The van der Waals surface area contributed by atoms with E-state index in [0.717, 1.165) is 12.2 Å². The zero-order valence-electron chi connectivity index (χ0n) is 10.3. The molecule has 17 heavy (non-hydrogen) atoms. The Bertz CT molecular complexity index is 432. The van der Waals surface area contributed by atoms with Gasteiger partial charge in [-0.25, -0.2) is 0 Å². The van der Waals surface area contributed by atoms with Crippen LogP contribution in [0.15, 0.2) is 29.2 Å². The molecular weight excluding hydrogens is 230 g/mol. The smallest absolute Gasteiger partial charge is 0.0621 e. The van der Waals surface area contributed by atoms with Crippen molar-refractivity contribution in [1.29, 1.82) is 0 Å². The van der Waals surface area contributed by atoms with Crippen molar-refractivity contribution >= 4 is 11.8 Å². The maximum atomic E-state index is 9.77. The van der Waals surface area contributed by atoms with Crippen LogP contribution in [0, 0.1) is 5.41 Å². The molecule has 0 spiro atoms. The van der Waals surface area contributed by atoms with Gasteiger partial charge in [0.1, 0.15) is 0 Å². The first-order chi connectivity index (χ1) is 8.09. The van der Waals surface area contributed by atoms with Crippen molar-refractivity contribution in [3.05, 3.63) is 29.8 Å². The zero-order valence-corrected chi connectivity index (χ0v) is 11.1. The second-order valence-corrected chi connectivity index (χ2v) is 6.76. The Morgan fingerprint density at radius 3 is 2.82 bits per heavy atom. The third kappa shape index (κ3) is 1.81. The van der Waals surface area contributed by atoms with E-state index in [4.69, 9.17) is 0 Å². The molecule has 0 aromatic heterocycles. The number of aliphatic hydroxyl groups is 1. The molecule has 2 aliphatic rings. The Labute approximate surface area is 107 Å². The third-order valence-corrected chi connectivity index (χ3v) is 5.50. The Hall–Kier alpha value is -0.510. The highest BCUT2D eigenvalue weighted by Gasteiger charge is 2.48. The van der Waals surface area contributed by atoms with Crippen molar-refractivity contribution in [2.24, 2.45) is 5.41 Å². The van der Waals surface area contributed by atoms with E-state index in [0.29, 0.717) is 12.1 Å². The molecule has 3 atom stereocenters. The van der Waals surface area contributed by atoms with Crippen molar-refractivity contribution in [3.8, 4) is 0 Å². The van der Waals surface area contributed by atoms with Gasteiger partial charge in [0.15, 0.2) is 0 Å². The fourth-order valence-corrected chi connectivity index (χ4v) is 3.90. The summed E-state index contributed by atoms with van der Waals surface area (Å²) >= 11 is 1.93. The Morgan fingerprint density at radius 2 is 2.12 bits per heavy atom. The van der Waals surface area contributed by atoms with Gasteiger partial charge < -0.3 is 10.4 Å². The van der Waals surface area contributed by atoms with Gasteiger partial charge in [-0.05, 0) is 18.1 Å². The molecule has 3 heteroatoms. The van der Waals surface area contributed by atoms with Crippen LogP contribution in [0.3, 0.4) is 0 Å². The first-order valence-electron chi connectivity index (χ1n) is 6.25. The van der Waals surface area contributed by atoms with Gasteiger partial charge in [0.2, 0.25) is 0 Å². The zero-order chi connectivity index (χ0) is 12.0. The molecule has 0 bridgehead atoms. The summed E-state index contributed by atoms with van der Waals surface area (Å²) in [6.07, 6.45) is 0.736. The second kappa shape index (κ2) is 4.01. The summed E-state index contributed by atoms with van der Waals surface area (Å²) in [5.74, 6) is 1.11. The maximum Gasteiger partial charge on any atom is 0.0621 e. The van der Waals surface area contributed by atoms with Crippen LogP contribution in [0.1, 0.15) is 31.9 Å². The number of rotatable bonds is 2. The van der Waals surface area contributed by atoms with E-state index in [1.165, 1.54) is 10.5 Å². The van der Waals surface area contributed by atoms with Crippen molar-refractivity contribution in [2.45, 2.75) is 43.4 Å². The van der Waals surface area contributed by atoms with Crippen molar-refractivity contribution < 1.29 is 5.11 Å². The summed E-state index contributed by atoms with van der Waals surface area (Å²) in [5, 5.41) is 13.5. The van der Waals surface area contributed by atoms with Crippen molar-refractivity contribution in [3.63, 3.8) is 0 Å². The average molecular weight is 249 g/mol. The van der Waals surface area contributed by atoms with Crippen LogP contribution >= 0.6 is 11.8 Å². The summed E-state index contributed by atoms with van der Waals surface area (Å²) in [5.41, 5.74) is 1.44. The van der Waals surface area contributed by atoms with E-state index in [1.54, 1.807) is 0 Å². The molecule has 1 saturated carbocycles. The molecule has 92 valence electrons. The highest BCUT2D eigenvalue weighted by molar-refractivity contribution is 7.99. The van der Waals surface area contributed by atoms with Crippen molar-refractivity contribution in [1.82, 2.24) is 5.32 Å². The lowest BCUT2D eigenvalue weighted by atomic mass is 9.64. The molecule has 2 nitrogen and oxygen atoms in total. The van der Waals surface area contributed by atoms with E-state index >= 15 is 0 Å². The highest BCUT2D eigenvalue weighted by atomic mass is 32.2. The normalized spacial score (nSPS) is 34.2. The topological polar surface area (TPSA) is 32.3 Å². The first kappa shape index (κ1) is 11.6. The SMILES string of the molecule is CC1(C)C(O)CC1NC1CSc2ccccc21. The fraction of sp³-hybridized carbons (Fsp3) is 0.571. The number of hydrogen-bond acceptors (Lipinski definition) is 3. The predicted octanol–water partition coefficient (Wildman–Crippen LogP) is 2.58.